The van der Waals surface area contributed by atoms with Crippen LogP contribution in [0.15, 0.2) is 23.4 Å². The standard InChI is InChI=1S/C7H6N2S/c1-10-7-5-9-3-2-6(7)4-8/h2-3,5H,1H3. The average Bonchev–Trinajstić information content (AvgIpc) is 2.04. The minimum Gasteiger partial charge on any atom is -0.263 e. The van der Waals surface area contributed by atoms with Crippen LogP contribution in [0.5, 0.6) is 0 Å². The van der Waals surface area contributed by atoms with Crippen molar-refractivity contribution in [1.82, 2.24) is 4.98 Å². The highest BCUT2D eigenvalue weighted by molar-refractivity contribution is 7.98. The maximum absolute atomic E-state index is 8.56. The van der Waals surface area contributed by atoms with E-state index in [1.807, 2.05) is 6.26 Å². The van der Waals surface area contributed by atoms with E-state index in [1.54, 1.807) is 18.5 Å². The maximum Gasteiger partial charge on any atom is 0.100 e. The Hall–Kier alpha value is -1.01. The van der Waals surface area contributed by atoms with Gasteiger partial charge in [-0.15, -0.1) is 11.8 Å². The van der Waals surface area contributed by atoms with Gasteiger partial charge in [-0.1, -0.05) is 0 Å². The molecule has 0 atom stereocenters. The third-order valence-corrected chi connectivity index (χ3v) is 1.89. The minimum absolute atomic E-state index is 0.697. The molecular formula is C7H6N2S. The van der Waals surface area contributed by atoms with Gasteiger partial charge in [-0.2, -0.15) is 5.26 Å². The van der Waals surface area contributed by atoms with Crippen molar-refractivity contribution in [3.8, 4) is 6.07 Å². The van der Waals surface area contributed by atoms with E-state index in [-0.39, 0.29) is 0 Å². The van der Waals surface area contributed by atoms with Crippen molar-refractivity contribution < 1.29 is 0 Å². The topological polar surface area (TPSA) is 36.7 Å². The van der Waals surface area contributed by atoms with Crippen molar-refractivity contribution in [2.24, 2.45) is 0 Å². The number of hydrogen-bond donors (Lipinski definition) is 0. The predicted molar refractivity (Wildman–Crippen MR) is 40.7 cm³/mol. The van der Waals surface area contributed by atoms with Crippen LogP contribution in [0.4, 0.5) is 0 Å². The highest BCUT2D eigenvalue weighted by atomic mass is 32.2. The number of thioether (sulfide) groups is 1. The first-order chi connectivity index (χ1) is 4.88. The largest absolute Gasteiger partial charge is 0.263 e. The summed E-state index contributed by atoms with van der Waals surface area (Å²) >= 11 is 1.53. The second-order valence-electron chi connectivity index (χ2n) is 1.69. The molecule has 0 amide bonds. The van der Waals surface area contributed by atoms with Crippen LogP contribution in [-0.2, 0) is 0 Å². The zero-order valence-corrected chi connectivity index (χ0v) is 6.35. The van der Waals surface area contributed by atoms with E-state index >= 15 is 0 Å². The van der Waals surface area contributed by atoms with Crippen molar-refractivity contribution >= 4 is 11.8 Å². The van der Waals surface area contributed by atoms with Gasteiger partial charge in [0.1, 0.15) is 6.07 Å². The Balaban J connectivity index is 3.12. The lowest BCUT2D eigenvalue weighted by molar-refractivity contribution is 1.21. The van der Waals surface area contributed by atoms with Crippen molar-refractivity contribution in [3.63, 3.8) is 0 Å². The molecule has 50 valence electrons. The molecule has 0 bridgehead atoms. The first kappa shape index (κ1) is 7.10. The summed E-state index contributed by atoms with van der Waals surface area (Å²) in [7, 11) is 0. The van der Waals surface area contributed by atoms with Crippen molar-refractivity contribution in [3.05, 3.63) is 24.0 Å². The Morgan fingerprint density at radius 2 is 2.50 bits per heavy atom. The van der Waals surface area contributed by atoms with Gasteiger partial charge in [-0.05, 0) is 12.3 Å². The Morgan fingerprint density at radius 3 is 3.00 bits per heavy atom. The fourth-order valence-electron chi connectivity index (χ4n) is 0.635. The second kappa shape index (κ2) is 3.23. The molecule has 0 saturated heterocycles. The van der Waals surface area contributed by atoms with Gasteiger partial charge in [-0.3, -0.25) is 4.98 Å². The Morgan fingerprint density at radius 1 is 1.70 bits per heavy atom. The van der Waals surface area contributed by atoms with Crippen LogP contribution in [0.25, 0.3) is 0 Å². The lowest BCUT2D eigenvalue weighted by Gasteiger charge is -1.94. The van der Waals surface area contributed by atoms with E-state index in [0.29, 0.717) is 5.56 Å². The van der Waals surface area contributed by atoms with Gasteiger partial charge in [0.05, 0.1) is 5.56 Å². The van der Waals surface area contributed by atoms with E-state index in [2.05, 4.69) is 11.1 Å². The monoisotopic (exact) mass is 150 g/mol. The molecule has 0 N–H and O–H groups in total. The first-order valence-corrected chi connectivity index (χ1v) is 3.99. The first-order valence-electron chi connectivity index (χ1n) is 2.76. The Labute approximate surface area is 63.9 Å². The predicted octanol–water partition coefficient (Wildman–Crippen LogP) is 1.68. The summed E-state index contributed by atoms with van der Waals surface area (Å²) in [5.74, 6) is 0. The summed E-state index contributed by atoms with van der Waals surface area (Å²) in [5, 5.41) is 8.56. The Kier molecular flexibility index (Phi) is 2.30. The number of pyridine rings is 1. The fraction of sp³-hybridized carbons (Fsp3) is 0.143. The third kappa shape index (κ3) is 1.28. The van der Waals surface area contributed by atoms with E-state index in [4.69, 9.17) is 5.26 Å². The minimum atomic E-state index is 0.697. The van der Waals surface area contributed by atoms with Crippen molar-refractivity contribution in [2.75, 3.05) is 6.26 Å². The van der Waals surface area contributed by atoms with E-state index < -0.39 is 0 Å². The molecule has 0 saturated carbocycles. The summed E-state index contributed by atoms with van der Waals surface area (Å²) in [6, 6.07) is 3.80. The SMILES string of the molecule is CSc1cnccc1C#N. The molecule has 3 heteroatoms. The van der Waals surface area contributed by atoms with Gasteiger partial charge in [0.15, 0.2) is 0 Å². The normalized spacial score (nSPS) is 8.80. The lowest BCUT2D eigenvalue weighted by Crippen LogP contribution is -1.80. The molecule has 0 fully saturated rings. The van der Waals surface area contributed by atoms with Gasteiger partial charge < -0.3 is 0 Å². The highest BCUT2D eigenvalue weighted by Crippen LogP contribution is 2.16. The van der Waals surface area contributed by atoms with Gasteiger partial charge in [0.25, 0.3) is 0 Å². The van der Waals surface area contributed by atoms with E-state index in [0.717, 1.165) is 4.90 Å². The number of hydrogen-bond acceptors (Lipinski definition) is 3. The van der Waals surface area contributed by atoms with Crippen molar-refractivity contribution in [1.29, 1.82) is 5.26 Å². The second-order valence-corrected chi connectivity index (χ2v) is 2.54. The molecule has 0 radical (unpaired) electrons. The molecule has 0 unspecified atom stereocenters. The molecule has 0 aromatic carbocycles. The van der Waals surface area contributed by atoms with Crippen LogP contribution >= 0.6 is 11.8 Å². The number of aromatic nitrogens is 1. The van der Waals surface area contributed by atoms with Gasteiger partial charge >= 0.3 is 0 Å². The van der Waals surface area contributed by atoms with Gasteiger partial charge in [0, 0.05) is 17.3 Å². The van der Waals surface area contributed by atoms with Crippen LogP contribution in [0.2, 0.25) is 0 Å². The molecule has 10 heavy (non-hydrogen) atoms. The third-order valence-electron chi connectivity index (χ3n) is 1.12. The fourth-order valence-corrected chi connectivity index (χ4v) is 1.13. The number of nitrogens with zero attached hydrogens (tertiary/aromatic N) is 2. The number of nitriles is 1. The zero-order valence-electron chi connectivity index (χ0n) is 5.53. The number of rotatable bonds is 1. The lowest BCUT2D eigenvalue weighted by atomic mass is 10.3. The molecule has 0 aliphatic rings. The summed E-state index contributed by atoms with van der Waals surface area (Å²) < 4.78 is 0. The zero-order chi connectivity index (χ0) is 7.40. The summed E-state index contributed by atoms with van der Waals surface area (Å²) in [6.07, 6.45) is 5.25. The van der Waals surface area contributed by atoms with Crippen LogP contribution in [0.1, 0.15) is 5.56 Å². The van der Waals surface area contributed by atoms with Crippen LogP contribution in [0.3, 0.4) is 0 Å². The molecule has 1 aromatic rings. The van der Waals surface area contributed by atoms with Crippen LogP contribution in [0, 0.1) is 11.3 Å². The molecule has 1 aromatic heterocycles. The van der Waals surface area contributed by atoms with Gasteiger partial charge in [0.2, 0.25) is 0 Å². The summed E-state index contributed by atoms with van der Waals surface area (Å²) in [5.41, 5.74) is 0.697. The van der Waals surface area contributed by atoms with Crippen LogP contribution in [-0.4, -0.2) is 11.2 Å². The summed E-state index contributed by atoms with van der Waals surface area (Å²) in [4.78, 5) is 4.83. The Bertz CT molecular complexity index is 265. The van der Waals surface area contributed by atoms with E-state index in [1.165, 1.54) is 11.8 Å². The molecule has 1 heterocycles. The molecular weight excluding hydrogens is 144 g/mol. The summed E-state index contributed by atoms with van der Waals surface area (Å²) in [6.45, 7) is 0. The van der Waals surface area contributed by atoms with Crippen LogP contribution < -0.4 is 0 Å². The quantitative estimate of drug-likeness (QED) is 0.571. The van der Waals surface area contributed by atoms with Crippen molar-refractivity contribution in [2.45, 2.75) is 4.90 Å². The maximum atomic E-state index is 8.56. The van der Waals surface area contributed by atoms with E-state index in [9.17, 15) is 0 Å². The smallest absolute Gasteiger partial charge is 0.100 e. The molecule has 2 nitrogen and oxygen atoms in total. The molecule has 0 aliphatic carbocycles. The van der Waals surface area contributed by atoms with Gasteiger partial charge in [-0.25, -0.2) is 0 Å². The average molecular weight is 150 g/mol. The molecule has 1 rings (SSSR count). The molecule has 0 spiro atoms. The molecule has 0 aliphatic heterocycles. The highest BCUT2D eigenvalue weighted by Gasteiger charge is 1.96.